The minimum Gasteiger partial charge on any atom is -0.501 e. The van der Waals surface area contributed by atoms with Gasteiger partial charge in [-0.2, -0.15) is 0 Å². The van der Waals surface area contributed by atoms with E-state index in [4.69, 9.17) is 9.47 Å². The lowest BCUT2D eigenvalue weighted by molar-refractivity contribution is 0.231. The monoisotopic (exact) mass is 493 g/mol. The molecule has 1 aromatic carbocycles. The first-order valence-corrected chi connectivity index (χ1v) is 12.7. The van der Waals surface area contributed by atoms with E-state index in [1.54, 1.807) is 14.2 Å². The highest BCUT2D eigenvalue weighted by molar-refractivity contribution is 5.50. The zero-order valence-corrected chi connectivity index (χ0v) is 23.7. The Morgan fingerprint density at radius 3 is 2.22 bits per heavy atom. The number of aryl methyl sites for hydroxylation is 1. The average molecular weight is 494 g/mol. The van der Waals surface area contributed by atoms with Crippen LogP contribution in [0.25, 0.3) is 6.08 Å². The molecule has 0 spiro atoms. The molecule has 0 atom stereocenters. The second-order valence-electron chi connectivity index (χ2n) is 7.86. The van der Waals surface area contributed by atoms with Gasteiger partial charge in [0.1, 0.15) is 0 Å². The lowest BCUT2D eigenvalue weighted by Gasteiger charge is -2.22. The number of aliphatic hydroxyl groups is 1. The normalized spacial score (nSPS) is 13.3. The summed E-state index contributed by atoms with van der Waals surface area (Å²) in [6.45, 7) is 17.7. The third-order valence-electron chi connectivity index (χ3n) is 5.46. The van der Waals surface area contributed by atoms with Crippen molar-refractivity contribution in [3.05, 3.63) is 113 Å². The van der Waals surface area contributed by atoms with Gasteiger partial charge in [-0.15, -0.1) is 0 Å². The Labute approximate surface area is 220 Å². The largest absolute Gasteiger partial charge is 0.501 e. The zero-order valence-electron chi connectivity index (χ0n) is 23.7. The van der Waals surface area contributed by atoms with Gasteiger partial charge in [0.25, 0.3) is 0 Å². The number of methoxy groups -OCH3 is 2. The van der Waals surface area contributed by atoms with Crippen molar-refractivity contribution in [1.29, 1.82) is 0 Å². The van der Waals surface area contributed by atoms with Crippen molar-refractivity contribution in [2.24, 2.45) is 0 Å². The molecule has 0 radical (unpaired) electrons. The summed E-state index contributed by atoms with van der Waals surface area (Å²) in [5.41, 5.74) is 5.39. The summed E-state index contributed by atoms with van der Waals surface area (Å²) in [6.07, 6.45) is 16.7. The van der Waals surface area contributed by atoms with E-state index in [1.165, 1.54) is 5.56 Å². The van der Waals surface area contributed by atoms with Crippen molar-refractivity contribution in [1.82, 2.24) is 4.90 Å². The number of ether oxygens (including phenoxy) is 2. The number of rotatable bonds is 14. The first kappa shape index (κ1) is 32.8. The maximum atomic E-state index is 9.23. The maximum Gasteiger partial charge on any atom is 0.1000 e. The topological polar surface area (TPSA) is 41.9 Å². The molecule has 4 heteroatoms. The van der Waals surface area contributed by atoms with Gasteiger partial charge in [0, 0.05) is 30.8 Å². The second-order valence-corrected chi connectivity index (χ2v) is 7.86. The minimum atomic E-state index is 0.135. The Hall–Kier alpha value is -3.24. The highest BCUT2D eigenvalue weighted by Crippen LogP contribution is 2.17. The summed E-state index contributed by atoms with van der Waals surface area (Å²) in [7, 11) is 3.35. The van der Waals surface area contributed by atoms with Crippen molar-refractivity contribution in [2.45, 2.75) is 48.0 Å². The number of allylic oxidation sites excluding steroid dienone is 11. The van der Waals surface area contributed by atoms with Gasteiger partial charge in [-0.1, -0.05) is 86.7 Å². The van der Waals surface area contributed by atoms with E-state index in [0.717, 1.165) is 40.5 Å². The lowest BCUT2D eigenvalue weighted by Crippen LogP contribution is -2.24. The molecular formula is C32H47NO3. The molecule has 36 heavy (non-hydrogen) atoms. The number of hydrogen-bond donors (Lipinski definition) is 1. The molecule has 0 amide bonds. The van der Waals surface area contributed by atoms with Gasteiger partial charge in [0.2, 0.25) is 0 Å². The van der Waals surface area contributed by atoms with E-state index in [2.05, 4.69) is 61.7 Å². The van der Waals surface area contributed by atoms with Crippen LogP contribution in [0.5, 0.6) is 0 Å². The fourth-order valence-corrected chi connectivity index (χ4v) is 3.15. The van der Waals surface area contributed by atoms with Crippen LogP contribution in [-0.4, -0.2) is 43.9 Å². The predicted octanol–water partition coefficient (Wildman–Crippen LogP) is 7.76. The molecule has 1 rings (SSSR count). The minimum absolute atomic E-state index is 0.135. The van der Waals surface area contributed by atoms with E-state index < -0.39 is 0 Å². The van der Waals surface area contributed by atoms with Crippen LogP contribution in [0.1, 0.15) is 52.2 Å². The molecule has 0 unspecified atom stereocenters. The van der Waals surface area contributed by atoms with Gasteiger partial charge in [-0.05, 0) is 51.0 Å². The molecule has 1 N–H and O–H groups in total. The van der Waals surface area contributed by atoms with Crippen LogP contribution in [0, 0.1) is 6.92 Å². The molecule has 1 aromatic rings. The zero-order chi connectivity index (χ0) is 27.3. The number of aliphatic hydroxyl groups excluding tert-OH is 1. The van der Waals surface area contributed by atoms with Crippen molar-refractivity contribution < 1.29 is 14.6 Å². The Balaban J connectivity index is 0.00000596. The quantitative estimate of drug-likeness (QED) is 0.212. The summed E-state index contributed by atoms with van der Waals surface area (Å²) in [4.78, 5) is 2.12. The summed E-state index contributed by atoms with van der Waals surface area (Å²) in [6, 6.07) is 8.42. The van der Waals surface area contributed by atoms with Crippen molar-refractivity contribution >= 4 is 6.08 Å². The molecular weight excluding hydrogens is 446 g/mol. The van der Waals surface area contributed by atoms with Crippen LogP contribution < -0.4 is 0 Å². The highest BCUT2D eigenvalue weighted by Gasteiger charge is 2.02. The summed E-state index contributed by atoms with van der Waals surface area (Å²) >= 11 is 0. The summed E-state index contributed by atoms with van der Waals surface area (Å²) in [5.74, 6) is 1.63. The van der Waals surface area contributed by atoms with Gasteiger partial charge in [0.05, 0.1) is 32.3 Å². The van der Waals surface area contributed by atoms with Crippen LogP contribution in [-0.2, 0) is 9.47 Å². The SMILES string of the molecule is C=CC(/C=C/C(/C=C(\C/C=C/c1ccc(C)cc1)OC)=C(/C)OC)=C\C=C(/C)N(CC)CCO.CC. The van der Waals surface area contributed by atoms with Gasteiger partial charge in [-0.3, -0.25) is 0 Å². The van der Waals surface area contributed by atoms with Gasteiger partial charge < -0.3 is 19.5 Å². The molecule has 0 saturated heterocycles. The Kier molecular flexibility index (Phi) is 18.2. The summed E-state index contributed by atoms with van der Waals surface area (Å²) < 4.78 is 11.1. The van der Waals surface area contributed by atoms with Gasteiger partial charge in [0.15, 0.2) is 0 Å². The van der Waals surface area contributed by atoms with Crippen molar-refractivity contribution in [2.75, 3.05) is 33.9 Å². The number of hydrogen-bond acceptors (Lipinski definition) is 4. The molecule has 0 saturated carbocycles. The van der Waals surface area contributed by atoms with Crippen LogP contribution in [0.3, 0.4) is 0 Å². The number of benzene rings is 1. The molecule has 0 aromatic heterocycles. The van der Waals surface area contributed by atoms with E-state index in [9.17, 15) is 5.11 Å². The fourth-order valence-electron chi connectivity index (χ4n) is 3.15. The van der Waals surface area contributed by atoms with Crippen molar-refractivity contribution in [3.63, 3.8) is 0 Å². The lowest BCUT2D eigenvalue weighted by atomic mass is 10.1. The van der Waals surface area contributed by atoms with Crippen molar-refractivity contribution in [3.8, 4) is 0 Å². The Bertz CT molecular complexity index is 944. The molecule has 0 aliphatic heterocycles. The molecule has 0 aliphatic carbocycles. The van der Waals surface area contributed by atoms with Crippen LogP contribution >= 0.6 is 0 Å². The molecule has 0 fully saturated rings. The van der Waals surface area contributed by atoms with Crippen LogP contribution in [0.15, 0.2) is 102 Å². The number of nitrogens with zero attached hydrogens (tertiary/aromatic N) is 1. The molecule has 0 heterocycles. The molecule has 4 nitrogen and oxygen atoms in total. The number of likely N-dealkylation sites (N-methyl/N-ethyl adjacent to an activating group) is 1. The van der Waals surface area contributed by atoms with E-state index in [-0.39, 0.29) is 6.61 Å². The highest BCUT2D eigenvalue weighted by atomic mass is 16.5. The van der Waals surface area contributed by atoms with Gasteiger partial charge in [-0.25, -0.2) is 0 Å². The average Bonchev–Trinajstić information content (AvgIpc) is 2.91. The van der Waals surface area contributed by atoms with E-state index >= 15 is 0 Å². The van der Waals surface area contributed by atoms with Crippen LogP contribution in [0.4, 0.5) is 0 Å². The Morgan fingerprint density at radius 1 is 1.03 bits per heavy atom. The maximum absolute atomic E-state index is 9.23. The second kappa shape index (κ2) is 20.0. The Morgan fingerprint density at radius 2 is 1.69 bits per heavy atom. The smallest absolute Gasteiger partial charge is 0.1000 e. The van der Waals surface area contributed by atoms with Gasteiger partial charge >= 0.3 is 0 Å². The molecule has 0 aliphatic rings. The first-order valence-electron chi connectivity index (χ1n) is 12.7. The van der Waals surface area contributed by atoms with E-state index in [0.29, 0.717) is 13.0 Å². The van der Waals surface area contributed by atoms with E-state index in [1.807, 2.05) is 64.2 Å². The predicted molar refractivity (Wildman–Crippen MR) is 156 cm³/mol. The standard InChI is InChI=1S/C30H41NO3.C2H6/c1-8-27(18-15-25(4)31(9-2)21-22-32)19-20-29(26(5)33-6)23-30(34-7)12-10-11-28-16-13-24(3)14-17-28;1-2/h8,10-11,13-20,23,32H,1,9,12,21-22H2,2-7H3;1-2H3/b11-10+,20-19+,25-15+,27-18+,29-26+,30-23+;. The first-order chi connectivity index (χ1) is 17.4. The molecule has 198 valence electrons. The fraction of sp³-hybridized carbons (Fsp3) is 0.375. The summed E-state index contributed by atoms with van der Waals surface area (Å²) in [5, 5.41) is 9.23. The molecule has 0 bridgehead atoms. The third-order valence-corrected chi connectivity index (χ3v) is 5.46. The van der Waals surface area contributed by atoms with Crippen LogP contribution in [0.2, 0.25) is 0 Å². The third kappa shape index (κ3) is 13.0.